The Morgan fingerprint density at radius 2 is 1.96 bits per heavy atom. The van der Waals surface area contributed by atoms with E-state index in [0.29, 0.717) is 6.54 Å². The first kappa shape index (κ1) is 18.3. The van der Waals surface area contributed by atoms with Gasteiger partial charge in [-0.25, -0.2) is 0 Å². The Balaban J connectivity index is 1.52. The number of hydrogen-bond acceptors (Lipinski definition) is 5. The van der Waals surface area contributed by atoms with Crippen molar-refractivity contribution in [3.8, 4) is 5.75 Å². The third kappa shape index (κ3) is 3.99. The molecule has 0 atom stereocenters. The number of aryl methyl sites for hydroxylation is 2. The van der Waals surface area contributed by atoms with Gasteiger partial charge in [-0.3, -0.25) is 14.4 Å². The third-order valence-corrected chi connectivity index (χ3v) is 4.93. The zero-order valence-corrected chi connectivity index (χ0v) is 16.0. The number of aromatic nitrogens is 2. The Morgan fingerprint density at radius 3 is 2.58 bits per heavy atom. The average Bonchev–Trinajstić information content (AvgIpc) is 2.88. The van der Waals surface area contributed by atoms with Crippen LogP contribution in [0.25, 0.3) is 0 Å². The van der Waals surface area contributed by atoms with Crippen LogP contribution in [0.2, 0.25) is 0 Å². The lowest BCUT2D eigenvalue weighted by atomic mass is 10.2. The minimum Gasteiger partial charge on any atom is -0.497 e. The van der Waals surface area contributed by atoms with E-state index in [0.717, 1.165) is 54.7 Å². The molecule has 0 saturated carbocycles. The highest BCUT2D eigenvalue weighted by Gasteiger charge is 2.20. The van der Waals surface area contributed by atoms with Gasteiger partial charge in [-0.05, 0) is 26.0 Å². The zero-order chi connectivity index (χ0) is 18.7. The summed E-state index contributed by atoms with van der Waals surface area (Å²) in [6.07, 6.45) is 0. The van der Waals surface area contributed by atoms with Gasteiger partial charge in [-0.2, -0.15) is 5.10 Å². The molecule has 140 valence electrons. The van der Waals surface area contributed by atoms with E-state index in [1.165, 1.54) is 0 Å². The summed E-state index contributed by atoms with van der Waals surface area (Å²) in [5, 5.41) is 7.35. The molecule has 2 heterocycles. The van der Waals surface area contributed by atoms with E-state index in [9.17, 15) is 4.79 Å². The lowest BCUT2D eigenvalue weighted by molar-refractivity contribution is -0.117. The molecule has 0 spiro atoms. The highest BCUT2D eigenvalue weighted by atomic mass is 16.5. The topological polar surface area (TPSA) is 62.6 Å². The third-order valence-electron chi connectivity index (χ3n) is 4.93. The van der Waals surface area contributed by atoms with Crippen molar-refractivity contribution in [1.82, 2.24) is 14.7 Å². The summed E-state index contributed by atoms with van der Waals surface area (Å²) in [7, 11) is 3.57. The molecule has 7 nitrogen and oxygen atoms in total. The summed E-state index contributed by atoms with van der Waals surface area (Å²) in [6.45, 7) is 7.78. The van der Waals surface area contributed by atoms with Gasteiger partial charge in [-0.1, -0.05) is 6.07 Å². The van der Waals surface area contributed by atoms with Crippen LogP contribution < -0.4 is 15.0 Å². The molecular formula is C19H27N5O2. The lowest BCUT2D eigenvalue weighted by Gasteiger charge is -2.35. The Morgan fingerprint density at radius 1 is 1.23 bits per heavy atom. The smallest absolute Gasteiger partial charge is 0.238 e. The SMILES string of the molecule is COc1cccc(N2CCN(CC(=O)Nc3c(C)nn(C)c3C)CC2)c1. The van der Waals surface area contributed by atoms with Crippen LogP contribution in [0.5, 0.6) is 5.75 Å². The van der Waals surface area contributed by atoms with Gasteiger partial charge in [0.2, 0.25) is 5.91 Å². The minimum absolute atomic E-state index is 0.0130. The van der Waals surface area contributed by atoms with Crippen LogP contribution in [0, 0.1) is 13.8 Å². The molecule has 0 unspecified atom stereocenters. The Hall–Kier alpha value is -2.54. The van der Waals surface area contributed by atoms with Crippen molar-refractivity contribution in [3.05, 3.63) is 35.7 Å². The number of rotatable bonds is 5. The lowest BCUT2D eigenvalue weighted by Crippen LogP contribution is -2.48. The van der Waals surface area contributed by atoms with Crippen LogP contribution in [0.3, 0.4) is 0 Å². The van der Waals surface area contributed by atoms with Crippen molar-refractivity contribution in [1.29, 1.82) is 0 Å². The molecule has 1 aliphatic heterocycles. The van der Waals surface area contributed by atoms with Gasteiger partial charge in [0.05, 0.1) is 30.7 Å². The van der Waals surface area contributed by atoms with Crippen molar-refractivity contribution < 1.29 is 9.53 Å². The highest BCUT2D eigenvalue weighted by Crippen LogP contribution is 2.22. The van der Waals surface area contributed by atoms with E-state index in [4.69, 9.17) is 4.74 Å². The maximum Gasteiger partial charge on any atom is 0.238 e. The first-order valence-corrected chi connectivity index (χ1v) is 8.89. The van der Waals surface area contributed by atoms with Gasteiger partial charge in [-0.15, -0.1) is 0 Å². The molecule has 1 aliphatic rings. The molecule has 3 rings (SSSR count). The Kier molecular flexibility index (Phi) is 5.46. The molecule has 1 aromatic carbocycles. The van der Waals surface area contributed by atoms with E-state index in [-0.39, 0.29) is 5.91 Å². The molecule has 7 heteroatoms. The molecule has 1 N–H and O–H groups in total. The number of carbonyl (C=O) groups excluding carboxylic acids is 1. The number of anilines is 2. The van der Waals surface area contributed by atoms with Crippen LogP contribution >= 0.6 is 0 Å². The van der Waals surface area contributed by atoms with Gasteiger partial charge in [0.1, 0.15) is 5.75 Å². The number of nitrogens with zero attached hydrogens (tertiary/aromatic N) is 4. The van der Waals surface area contributed by atoms with E-state index < -0.39 is 0 Å². The van der Waals surface area contributed by atoms with Crippen molar-refractivity contribution in [2.24, 2.45) is 7.05 Å². The van der Waals surface area contributed by atoms with Crippen molar-refractivity contribution in [2.75, 3.05) is 50.1 Å². The Labute approximate surface area is 154 Å². The fraction of sp³-hybridized carbons (Fsp3) is 0.474. The number of nitrogens with one attached hydrogen (secondary N) is 1. The molecule has 1 aromatic heterocycles. The molecule has 26 heavy (non-hydrogen) atoms. The van der Waals surface area contributed by atoms with Crippen molar-refractivity contribution in [2.45, 2.75) is 13.8 Å². The number of hydrogen-bond donors (Lipinski definition) is 1. The molecule has 1 amide bonds. The maximum absolute atomic E-state index is 12.4. The second kappa shape index (κ2) is 7.78. The molecular weight excluding hydrogens is 330 g/mol. The first-order valence-electron chi connectivity index (χ1n) is 8.89. The van der Waals surface area contributed by atoms with Crippen molar-refractivity contribution in [3.63, 3.8) is 0 Å². The zero-order valence-electron chi connectivity index (χ0n) is 16.0. The van der Waals surface area contributed by atoms with Gasteiger partial charge >= 0.3 is 0 Å². The summed E-state index contributed by atoms with van der Waals surface area (Å²) in [6, 6.07) is 8.11. The van der Waals surface area contributed by atoms with Gasteiger partial charge in [0, 0.05) is 45.0 Å². The summed E-state index contributed by atoms with van der Waals surface area (Å²) in [5.74, 6) is 0.880. The van der Waals surface area contributed by atoms with Gasteiger partial charge < -0.3 is 15.0 Å². The molecule has 1 fully saturated rings. The van der Waals surface area contributed by atoms with E-state index in [1.54, 1.807) is 11.8 Å². The number of amides is 1. The van der Waals surface area contributed by atoms with E-state index in [1.807, 2.05) is 33.0 Å². The molecule has 0 aliphatic carbocycles. The fourth-order valence-electron chi connectivity index (χ4n) is 3.31. The van der Waals surface area contributed by atoms with Crippen LogP contribution in [0.4, 0.5) is 11.4 Å². The molecule has 2 aromatic rings. The normalized spacial score (nSPS) is 15.2. The van der Waals surface area contributed by atoms with Crippen LogP contribution in [0.1, 0.15) is 11.4 Å². The fourth-order valence-corrected chi connectivity index (χ4v) is 3.31. The molecule has 0 bridgehead atoms. The standard InChI is InChI=1S/C19H27N5O2/c1-14-19(15(2)22(3)21-14)20-18(25)13-23-8-10-24(11-9-23)16-6-5-7-17(12-16)26-4/h5-7,12H,8-11,13H2,1-4H3,(H,20,25). The van der Waals surface area contributed by atoms with E-state index >= 15 is 0 Å². The van der Waals surface area contributed by atoms with Crippen LogP contribution in [0.15, 0.2) is 24.3 Å². The number of methoxy groups -OCH3 is 1. The number of ether oxygens (including phenoxy) is 1. The monoisotopic (exact) mass is 357 g/mol. The Bertz CT molecular complexity index is 778. The number of benzene rings is 1. The van der Waals surface area contributed by atoms with Gasteiger partial charge in [0.15, 0.2) is 0 Å². The summed E-state index contributed by atoms with van der Waals surface area (Å²) in [4.78, 5) is 16.9. The summed E-state index contributed by atoms with van der Waals surface area (Å²) >= 11 is 0. The predicted octanol–water partition coefficient (Wildman–Crippen LogP) is 1.81. The highest BCUT2D eigenvalue weighted by molar-refractivity contribution is 5.93. The largest absolute Gasteiger partial charge is 0.497 e. The first-order chi connectivity index (χ1) is 12.5. The summed E-state index contributed by atoms with van der Waals surface area (Å²) in [5.41, 5.74) is 3.81. The average molecular weight is 357 g/mol. The number of carbonyl (C=O) groups is 1. The van der Waals surface area contributed by atoms with Crippen LogP contribution in [-0.4, -0.2) is 60.4 Å². The van der Waals surface area contributed by atoms with E-state index in [2.05, 4.69) is 32.3 Å². The second-order valence-corrected chi connectivity index (χ2v) is 6.68. The summed E-state index contributed by atoms with van der Waals surface area (Å²) < 4.78 is 7.09. The quantitative estimate of drug-likeness (QED) is 0.884. The van der Waals surface area contributed by atoms with Gasteiger partial charge in [0.25, 0.3) is 0 Å². The van der Waals surface area contributed by atoms with Crippen LogP contribution in [-0.2, 0) is 11.8 Å². The minimum atomic E-state index is 0.0130. The predicted molar refractivity (Wildman–Crippen MR) is 103 cm³/mol. The molecule has 0 radical (unpaired) electrons. The second-order valence-electron chi connectivity index (χ2n) is 6.68. The molecule has 1 saturated heterocycles. The number of piperazine rings is 1. The maximum atomic E-state index is 12.4. The van der Waals surface area contributed by atoms with Crippen molar-refractivity contribution >= 4 is 17.3 Å².